The van der Waals surface area contributed by atoms with E-state index in [4.69, 9.17) is 16.3 Å². The van der Waals surface area contributed by atoms with Gasteiger partial charge in [0.05, 0.1) is 29.2 Å². The van der Waals surface area contributed by atoms with Gasteiger partial charge >= 0.3 is 0 Å². The summed E-state index contributed by atoms with van der Waals surface area (Å²) in [4.78, 5) is 17.4. The van der Waals surface area contributed by atoms with Gasteiger partial charge in [-0.2, -0.15) is 0 Å². The van der Waals surface area contributed by atoms with Crippen molar-refractivity contribution in [1.82, 2.24) is 4.98 Å². The number of hydrogen-bond acceptors (Lipinski definition) is 4. The molecule has 1 aromatic heterocycles. The molecule has 4 nitrogen and oxygen atoms in total. The van der Waals surface area contributed by atoms with Gasteiger partial charge in [0.2, 0.25) is 5.91 Å². The first kappa shape index (κ1) is 12.8. The minimum Gasteiger partial charge on any atom is -0.375 e. The molecule has 17 heavy (non-hydrogen) atoms. The molecule has 1 aliphatic rings. The molecule has 2 rings (SSSR count). The van der Waals surface area contributed by atoms with Crippen LogP contribution in [0.4, 0.5) is 5.13 Å². The zero-order chi connectivity index (χ0) is 12.5. The van der Waals surface area contributed by atoms with E-state index in [-0.39, 0.29) is 11.8 Å². The number of anilines is 1. The van der Waals surface area contributed by atoms with Crippen molar-refractivity contribution in [1.29, 1.82) is 0 Å². The molecule has 0 fully saturated rings. The third kappa shape index (κ3) is 2.78. The number of alkyl halides is 1. The standard InChI is InChI=1S/C11H15ClN2O2S/c1-11(2,6-12)9(15)14-10-13-7-3-4-16-5-8(7)17-10/h3-6H2,1-2H3,(H,13,14,15). The first-order chi connectivity index (χ1) is 8.03. The highest BCUT2D eigenvalue weighted by atomic mass is 35.5. The molecule has 0 saturated heterocycles. The van der Waals surface area contributed by atoms with Crippen LogP contribution in [0.25, 0.3) is 0 Å². The monoisotopic (exact) mass is 274 g/mol. The van der Waals surface area contributed by atoms with Gasteiger partial charge in [0.15, 0.2) is 5.13 Å². The number of hydrogen-bond donors (Lipinski definition) is 1. The summed E-state index contributed by atoms with van der Waals surface area (Å²) in [5, 5.41) is 3.46. The first-order valence-electron chi connectivity index (χ1n) is 5.46. The second-order valence-electron chi connectivity index (χ2n) is 4.66. The second kappa shape index (κ2) is 4.92. The van der Waals surface area contributed by atoms with Crippen LogP contribution in [-0.2, 0) is 22.6 Å². The number of rotatable bonds is 3. The number of thiazole rings is 1. The number of amides is 1. The van der Waals surface area contributed by atoms with Gasteiger partial charge in [0.25, 0.3) is 0 Å². The Morgan fingerprint density at radius 2 is 2.41 bits per heavy atom. The molecule has 2 heterocycles. The van der Waals surface area contributed by atoms with Crippen LogP contribution in [0.1, 0.15) is 24.4 Å². The van der Waals surface area contributed by atoms with E-state index in [0.29, 0.717) is 18.3 Å². The van der Waals surface area contributed by atoms with Crippen molar-refractivity contribution >= 4 is 34.0 Å². The Morgan fingerprint density at radius 3 is 3.06 bits per heavy atom. The number of ether oxygens (including phenoxy) is 1. The van der Waals surface area contributed by atoms with Crippen molar-refractivity contribution in [3.63, 3.8) is 0 Å². The Labute approximate surface area is 109 Å². The van der Waals surface area contributed by atoms with Gasteiger partial charge in [-0.25, -0.2) is 4.98 Å². The molecule has 0 aromatic carbocycles. The van der Waals surface area contributed by atoms with Crippen molar-refractivity contribution in [2.45, 2.75) is 26.9 Å². The fraction of sp³-hybridized carbons (Fsp3) is 0.636. The molecule has 0 aliphatic carbocycles. The van der Waals surface area contributed by atoms with E-state index >= 15 is 0 Å². The van der Waals surface area contributed by atoms with E-state index in [9.17, 15) is 4.79 Å². The minimum absolute atomic E-state index is 0.0977. The van der Waals surface area contributed by atoms with Crippen LogP contribution in [0.15, 0.2) is 0 Å². The van der Waals surface area contributed by atoms with Crippen LogP contribution in [0, 0.1) is 5.41 Å². The Balaban J connectivity index is 2.09. The molecular weight excluding hydrogens is 260 g/mol. The molecule has 6 heteroatoms. The lowest BCUT2D eigenvalue weighted by atomic mass is 9.95. The quantitative estimate of drug-likeness (QED) is 0.861. The van der Waals surface area contributed by atoms with E-state index in [0.717, 1.165) is 17.0 Å². The number of aromatic nitrogens is 1. The smallest absolute Gasteiger partial charge is 0.233 e. The Hall–Kier alpha value is -0.650. The molecule has 0 saturated carbocycles. The van der Waals surface area contributed by atoms with Gasteiger partial charge in [-0.05, 0) is 13.8 Å². The van der Waals surface area contributed by atoms with Crippen molar-refractivity contribution in [2.75, 3.05) is 17.8 Å². The number of nitrogens with zero attached hydrogens (tertiary/aromatic N) is 1. The van der Waals surface area contributed by atoms with Crippen LogP contribution in [0.5, 0.6) is 0 Å². The maximum atomic E-state index is 11.9. The summed E-state index contributed by atoms with van der Waals surface area (Å²) in [7, 11) is 0. The lowest BCUT2D eigenvalue weighted by Crippen LogP contribution is -2.32. The zero-order valence-electron chi connectivity index (χ0n) is 9.88. The van der Waals surface area contributed by atoms with Crippen molar-refractivity contribution in [2.24, 2.45) is 5.41 Å². The van der Waals surface area contributed by atoms with Crippen LogP contribution in [0.2, 0.25) is 0 Å². The van der Waals surface area contributed by atoms with Crippen molar-refractivity contribution in [3.8, 4) is 0 Å². The topological polar surface area (TPSA) is 51.2 Å². The summed E-state index contributed by atoms with van der Waals surface area (Å²) in [5.74, 6) is 0.187. The van der Waals surface area contributed by atoms with Gasteiger partial charge in [0, 0.05) is 12.3 Å². The van der Waals surface area contributed by atoms with Crippen LogP contribution in [-0.4, -0.2) is 23.4 Å². The average molecular weight is 275 g/mol. The Kier molecular flexibility index (Phi) is 3.70. The highest BCUT2D eigenvalue weighted by Crippen LogP contribution is 2.28. The average Bonchev–Trinajstić information content (AvgIpc) is 2.70. The fourth-order valence-electron chi connectivity index (χ4n) is 1.41. The van der Waals surface area contributed by atoms with Crippen LogP contribution in [0.3, 0.4) is 0 Å². The summed E-state index contributed by atoms with van der Waals surface area (Å²) in [6.07, 6.45) is 0.820. The van der Waals surface area contributed by atoms with Gasteiger partial charge in [-0.3, -0.25) is 4.79 Å². The molecule has 0 bridgehead atoms. The Bertz CT molecular complexity index is 408. The van der Waals surface area contributed by atoms with Gasteiger partial charge in [-0.15, -0.1) is 11.6 Å². The van der Waals surface area contributed by atoms with E-state index in [1.165, 1.54) is 11.3 Å². The highest BCUT2D eigenvalue weighted by Gasteiger charge is 2.27. The third-order valence-corrected chi connectivity index (χ3v) is 4.32. The molecule has 0 spiro atoms. The van der Waals surface area contributed by atoms with Gasteiger partial charge in [-0.1, -0.05) is 11.3 Å². The van der Waals surface area contributed by atoms with E-state index < -0.39 is 5.41 Å². The fourth-order valence-corrected chi connectivity index (χ4v) is 2.47. The molecule has 0 unspecified atom stereocenters. The van der Waals surface area contributed by atoms with Crippen molar-refractivity contribution < 1.29 is 9.53 Å². The van der Waals surface area contributed by atoms with Gasteiger partial charge < -0.3 is 10.1 Å². The van der Waals surface area contributed by atoms with E-state index in [2.05, 4.69) is 10.3 Å². The largest absolute Gasteiger partial charge is 0.375 e. The molecule has 94 valence electrons. The molecule has 1 aromatic rings. The van der Waals surface area contributed by atoms with Crippen LogP contribution < -0.4 is 5.32 Å². The summed E-state index contributed by atoms with van der Waals surface area (Å²) in [6, 6.07) is 0. The SMILES string of the molecule is CC(C)(CCl)C(=O)Nc1nc2c(s1)COCC2. The number of carbonyl (C=O) groups excluding carboxylic acids is 1. The first-order valence-corrected chi connectivity index (χ1v) is 6.82. The summed E-state index contributed by atoms with van der Waals surface area (Å²) in [5.41, 5.74) is 0.463. The zero-order valence-corrected chi connectivity index (χ0v) is 11.5. The predicted molar refractivity (Wildman–Crippen MR) is 68.6 cm³/mol. The molecule has 1 amide bonds. The van der Waals surface area contributed by atoms with E-state index in [1.807, 2.05) is 13.8 Å². The number of nitrogens with one attached hydrogen (secondary N) is 1. The lowest BCUT2D eigenvalue weighted by Gasteiger charge is -2.18. The van der Waals surface area contributed by atoms with Gasteiger partial charge in [0.1, 0.15) is 0 Å². The summed E-state index contributed by atoms with van der Waals surface area (Å²) < 4.78 is 5.34. The summed E-state index contributed by atoms with van der Waals surface area (Å²) in [6.45, 7) is 4.93. The number of halogens is 1. The minimum atomic E-state index is -0.579. The molecule has 1 aliphatic heterocycles. The normalized spacial score (nSPS) is 15.5. The Morgan fingerprint density at radius 1 is 1.65 bits per heavy atom. The molecular formula is C11H15ClN2O2S. The molecule has 0 atom stereocenters. The van der Waals surface area contributed by atoms with E-state index in [1.54, 1.807) is 0 Å². The van der Waals surface area contributed by atoms with Crippen molar-refractivity contribution in [3.05, 3.63) is 10.6 Å². The lowest BCUT2D eigenvalue weighted by molar-refractivity contribution is -0.122. The van der Waals surface area contributed by atoms with Crippen LogP contribution >= 0.6 is 22.9 Å². The predicted octanol–water partition coefficient (Wildman–Crippen LogP) is 2.42. The maximum Gasteiger partial charge on any atom is 0.233 e. The number of carbonyl (C=O) groups is 1. The molecule has 0 radical (unpaired) electrons. The molecule has 1 N–H and O–H groups in total. The third-order valence-electron chi connectivity index (χ3n) is 2.66. The second-order valence-corrected chi connectivity index (χ2v) is 6.01. The summed E-state index contributed by atoms with van der Waals surface area (Å²) >= 11 is 7.24. The maximum absolute atomic E-state index is 11.9. The highest BCUT2D eigenvalue weighted by molar-refractivity contribution is 7.15. The number of fused-ring (bicyclic) bond motifs is 1.